The van der Waals surface area contributed by atoms with Gasteiger partial charge < -0.3 is 15.7 Å². The molecular weight excluding hydrogens is 196 g/mol. The molecule has 5 nitrogen and oxygen atoms in total. The van der Waals surface area contributed by atoms with Crippen LogP contribution in [0.25, 0.3) is 0 Å². The van der Waals surface area contributed by atoms with Gasteiger partial charge in [-0.15, -0.1) is 0 Å². The lowest BCUT2D eigenvalue weighted by Gasteiger charge is -2.23. The van der Waals surface area contributed by atoms with Crippen molar-refractivity contribution in [3.05, 3.63) is 0 Å². The van der Waals surface area contributed by atoms with Crippen molar-refractivity contribution in [2.75, 3.05) is 6.54 Å². The molecule has 0 aliphatic carbocycles. The highest BCUT2D eigenvalue weighted by Gasteiger charge is 2.27. The maximum atomic E-state index is 11.0. The minimum atomic E-state index is -0.779. The lowest BCUT2D eigenvalue weighted by Crippen LogP contribution is -2.39. The minimum Gasteiger partial charge on any atom is -0.481 e. The molecule has 1 rings (SSSR count). The van der Waals surface area contributed by atoms with E-state index in [0.29, 0.717) is 13.0 Å². The standard InChI is InChI=1S/C10H18N2O3/c1-7(9(13)14)4-5-8-3-2-6-12(8)10(11)15/h7-8H,2-6H2,1H3,(H2,11,15)(H,13,14). The summed E-state index contributed by atoms with van der Waals surface area (Å²) in [6.07, 6.45) is 3.24. The third kappa shape index (κ3) is 3.11. The number of hydrogen-bond acceptors (Lipinski definition) is 2. The molecule has 1 fully saturated rings. The van der Waals surface area contributed by atoms with Gasteiger partial charge in [0.25, 0.3) is 0 Å². The van der Waals surface area contributed by atoms with Gasteiger partial charge in [-0.05, 0) is 25.7 Å². The van der Waals surface area contributed by atoms with E-state index >= 15 is 0 Å². The van der Waals surface area contributed by atoms with Crippen LogP contribution in [0.3, 0.4) is 0 Å². The molecule has 15 heavy (non-hydrogen) atoms. The fourth-order valence-electron chi connectivity index (χ4n) is 1.99. The number of carboxylic acid groups (broad SMARTS) is 1. The summed E-state index contributed by atoms with van der Waals surface area (Å²) in [4.78, 5) is 23.3. The fourth-order valence-corrected chi connectivity index (χ4v) is 1.99. The van der Waals surface area contributed by atoms with Crippen molar-refractivity contribution in [3.63, 3.8) is 0 Å². The molecule has 2 amide bonds. The molecular formula is C10H18N2O3. The van der Waals surface area contributed by atoms with Crippen molar-refractivity contribution in [1.29, 1.82) is 0 Å². The SMILES string of the molecule is CC(CCC1CCCN1C(N)=O)C(=O)O. The van der Waals surface area contributed by atoms with Crippen LogP contribution in [0.15, 0.2) is 0 Å². The van der Waals surface area contributed by atoms with Gasteiger partial charge in [0.15, 0.2) is 0 Å². The van der Waals surface area contributed by atoms with Gasteiger partial charge in [-0.1, -0.05) is 6.92 Å². The number of carbonyl (C=O) groups is 2. The molecule has 0 saturated carbocycles. The van der Waals surface area contributed by atoms with Crippen molar-refractivity contribution in [1.82, 2.24) is 4.90 Å². The molecule has 1 aliphatic heterocycles. The second-order valence-corrected chi connectivity index (χ2v) is 4.14. The van der Waals surface area contributed by atoms with E-state index < -0.39 is 5.97 Å². The molecule has 2 atom stereocenters. The molecule has 0 aromatic carbocycles. The average Bonchev–Trinajstić information content (AvgIpc) is 2.61. The zero-order valence-electron chi connectivity index (χ0n) is 8.98. The zero-order chi connectivity index (χ0) is 11.4. The summed E-state index contributed by atoms with van der Waals surface area (Å²) in [7, 11) is 0. The maximum absolute atomic E-state index is 11.0. The van der Waals surface area contributed by atoms with Crippen molar-refractivity contribution >= 4 is 12.0 Å². The van der Waals surface area contributed by atoms with E-state index in [1.165, 1.54) is 0 Å². The summed E-state index contributed by atoms with van der Waals surface area (Å²) >= 11 is 0. The molecule has 1 aliphatic rings. The molecule has 0 radical (unpaired) electrons. The van der Waals surface area contributed by atoms with E-state index in [-0.39, 0.29) is 18.0 Å². The van der Waals surface area contributed by atoms with Gasteiger partial charge in [0.2, 0.25) is 0 Å². The van der Waals surface area contributed by atoms with E-state index in [2.05, 4.69) is 0 Å². The summed E-state index contributed by atoms with van der Waals surface area (Å²) in [5, 5.41) is 8.73. The van der Waals surface area contributed by atoms with Crippen LogP contribution in [0.1, 0.15) is 32.6 Å². The van der Waals surface area contributed by atoms with Gasteiger partial charge in [-0.25, -0.2) is 4.79 Å². The number of rotatable bonds is 4. The molecule has 86 valence electrons. The van der Waals surface area contributed by atoms with Gasteiger partial charge in [-0.3, -0.25) is 4.79 Å². The Morgan fingerprint density at radius 3 is 2.80 bits per heavy atom. The van der Waals surface area contributed by atoms with Crippen LogP contribution in [0.4, 0.5) is 4.79 Å². The van der Waals surface area contributed by atoms with Gasteiger partial charge in [0, 0.05) is 12.6 Å². The van der Waals surface area contributed by atoms with Crippen molar-refractivity contribution in [2.24, 2.45) is 11.7 Å². The van der Waals surface area contributed by atoms with Crippen LogP contribution in [0, 0.1) is 5.92 Å². The average molecular weight is 214 g/mol. The lowest BCUT2D eigenvalue weighted by atomic mass is 10.0. The molecule has 1 heterocycles. The number of hydrogen-bond donors (Lipinski definition) is 2. The summed E-state index contributed by atoms with van der Waals surface area (Å²) in [5.74, 6) is -1.13. The molecule has 2 unspecified atom stereocenters. The van der Waals surface area contributed by atoms with Crippen molar-refractivity contribution in [3.8, 4) is 0 Å². The lowest BCUT2D eigenvalue weighted by molar-refractivity contribution is -0.141. The largest absolute Gasteiger partial charge is 0.481 e. The third-order valence-corrected chi connectivity index (χ3v) is 3.01. The Hall–Kier alpha value is -1.26. The van der Waals surface area contributed by atoms with Crippen LogP contribution in [0.5, 0.6) is 0 Å². The van der Waals surface area contributed by atoms with Gasteiger partial charge in [-0.2, -0.15) is 0 Å². The van der Waals surface area contributed by atoms with Crippen LogP contribution < -0.4 is 5.73 Å². The summed E-state index contributed by atoms with van der Waals surface area (Å²) in [5.41, 5.74) is 5.22. The second-order valence-electron chi connectivity index (χ2n) is 4.14. The Bertz CT molecular complexity index is 255. The topological polar surface area (TPSA) is 83.6 Å². The first-order chi connectivity index (χ1) is 7.02. The fraction of sp³-hybridized carbons (Fsp3) is 0.800. The zero-order valence-corrected chi connectivity index (χ0v) is 8.98. The summed E-state index contributed by atoms with van der Waals surface area (Å²) < 4.78 is 0. The number of nitrogens with two attached hydrogens (primary N) is 1. The Balaban J connectivity index is 2.38. The van der Waals surface area contributed by atoms with Gasteiger partial charge >= 0.3 is 12.0 Å². The Labute approximate surface area is 89.2 Å². The number of aliphatic carboxylic acids is 1. The monoisotopic (exact) mass is 214 g/mol. The van der Waals surface area contributed by atoms with E-state index in [9.17, 15) is 9.59 Å². The highest BCUT2D eigenvalue weighted by atomic mass is 16.4. The molecule has 1 saturated heterocycles. The molecule has 3 N–H and O–H groups in total. The first-order valence-corrected chi connectivity index (χ1v) is 5.31. The molecule has 0 aromatic heterocycles. The van der Waals surface area contributed by atoms with Crippen molar-refractivity contribution in [2.45, 2.75) is 38.6 Å². The van der Waals surface area contributed by atoms with Crippen molar-refractivity contribution < 1.29 is 14.7 Å². The van der Waals surface area contributed by atoms with Crippen LogP contribution >= 0.6 is 0 Å². The molecule has 5 heteroatoms. The second kappa shape index (κ2) is 5.00. The number of carbonyl (C=O) groups excluding carboxylic acids is 1. The number of urea groups is 1. The van der Waals surface area contributed by atoms with E-state index in [1.54, 1.807) is 11.8 Å². The van der Waals surface area contributed by atoms with Crippen LogP contribution in [0.2, 0.25) is 0 Å². The van der Waals surface area contributed by atoms with E-state index in [4.69, 9.17) is 10.8 Å². The highest BCUT2D eigenvalue weighted by molar-refractivity contribution is 5.72. The maximum Gasteiger partial charge on any atom is 0.315 e. The normalized spacial score (nSPS) is 22.7. The predicted molar refractivity (Wildman–Crippen MR) is 55.3 cm³/mol. The third-order valence-electron chi connectivity index (χ3n) is 3.01. The number of carboxylic acids is 1. The molecule has 0 bridgehead atoms. The summed E-state index contributed by atoms with van der Waals surface area (Å²) in [6.45, 7) is 2.40. The van der Waals surface area contributed by atoms with E-state index in [0.717, 1.165) is 19.3 Å². The van der Waals surface area contributed by atoms with Gasteiger partial charge in [0.05, 0.1) is 5.92 Å². The molecule has 0 spiro atoms. The van der Waals surface area contributed by atoms with Crippen LogP contribution in [-0.2, 0) is 4.79 Å². The Morgan fingerprint density at radius 2 is 2.27 bits per heavy atom. The smallest absolute Gasteiger partial charge is 0.315 e. The number of likely N-dealkylation sites (tertiary alicyclic amines) is 1. The first-order valence-electron chi connectivity index (χ1n) is 5.31. The number of amides is 2. The van der Waals surface area contributed by atoms with Gasteiger partial charge in [0.1, 0.15) is 0 Å². The summed E-state index contributed by atoms with van der Waals surface area (Å²) in [6, 6.07) is -0.246. The van der Waals surface area contributed by atoms with Crippen LogP contribution in [-0.4, -0.2) is 34.6 Å². The Morgan fingerprint density at radius 1 is 1.60 bits per heavy atom. The first kappa shape index (κ1) is 11.8. The minimum absolute atomic E-state index is 0.143. The molecule has 0 aromatic rings. The highest BCUT2D eigenvalue weighted by Crippen LogP contribution is 2.22. The van der Waals surface area contributed by atoms with E-state index in [1.807, 2.05) is 0 Å². The Kier molecular flexibility index (Phi) is 3.94. The number of primary amides is 1. The number of nitrogens with zero attached hydrogens (tertiary/aromatic N) is 1. The quantitative estimate of drug-likeness (QED) is 0.733. The predicted octanol–water partition coefficient (Wildman–Crippen LogP) is 1.03.